The van der Waals surface area contributed by atoms with Crippen LogP contribution in [-0.4, -0.2) is 33.6 Å². The maximum absolute atomic E-state index is 11.5. The Morgan fingerprint density at radius 3 is 2.70 bits per heavy atom. The standard InChI is InChI=1S/C10H5N3O3.C9H10N2O2.ClH/c11-4-5-1-2-7-6(3-5)9(14)13-8(12-7)10(15)16;10-4-6-1-2-7-8(3-6)13-5-9(12)11-7;/h1-3H,(H,15,16)(H,12,13,14);1-3H,4-5,10H2,(H,11,12);1H. The summed E-state index contributed by atoms with van der Waals surface area (Å²) in [6.07, 6.45) is 0. The largest absolute Gasteiger partial charge is 0.482 e. The van der Waals surface area contributed by atoms with E-state index in [1.807, 2.05) is 18.2 Å². The lowest BCUT2D eigenvalue weighted by molar-refractivity contribution is -0.118. The van der Waals surface area contributed by atoms with Crippen molar-refractivity contribution in [3.05, 3.63) is 63.7 Å². The van der Waals surface area contributed by atoms with Gasteiger partial charge in [0.25, 0.3) is 11.5 Å². The summed E-state index contributed by atoms with van der Waals surface area (Å²) >= 11 is 0. The summed E-state index contributed by atoms with van der Waals surface area (Å²) in [5.74, 6) is -1.14. The number of nitrogens with two attached hydrogens (primary N) is 1. The molecule has 0 bridgehead atoms. The van der Waals surface area contributed by atoms with Crippen LogP contribution in [-0.2, 0) is 11.3 Å². The summed E-state index contributed by atoms with van der Waals surface area (Å²) in [6, 6.07) is 11.7. The molecule has 0 spiro atoms. The topological polar surface area (TPSA) is 171 Å². The Balaban J connectivity index is 0.000000211. The van der Waals surface area contributed by atoms with Gasteiger partial charge in [-0.1, -0.05) is 6.07 Å². The number of rotatable bonds is 2. The molecule has 30 heavy (non-hydrogen) atoms. The van der Waals surface area contributed by atoms with Gasteiger partial charge in [-0.15, -0.1) is 12.4 Å². The molecule has 2 aromatic carbocycles. The molecular formula is C19H16ClN5O5. The number of aromatic nitrogens is 2. The highest BCUT2D eigenvalue weighted by molar-refractivity contribution is 5.95. The number of hydrogen-bond acceptors (Lipinski definition) is 7. The van der Waals surface area contributed by atoms with Gasteiger partial charge in [0.2, 0.25) is 5.82 Å². The number of carbonyl (C=O) groups excluding carboxylic acids is 1. The van der Waals surface area contributed by atoms with E-state index >= 15 is 0 Å². The van der Waals surface area contributed by atoms with Crippen molar-refractivity contribution >= 4 is 40.9 Å². The summed E-state index contributed by atoms with van der Waals surface area (Å²) in [7, 11) is 0. The number of benzene rings is 2. The first-order chi connectivity index (χ1) is 13.9. The van der Waals surface area contributed by atoms with Crippen molar-refractivity contribution in [3.63, 3.8) is 0 Å². The van der Waals surface area contributed by atoms with E-state index in [9.17, 15) is 14.4 Å². The number of halogens is 1. The van der Waals surface area contributed by atoms with Crippen LogP contribution in [0.3, 0.4) is 0 Å². The number of carbonyl (C=O) groups is 2. The molecule has 5 N–H and O–H groups in total. The Morgan fingerprint density at radius 1 is 1.27 bits per heavy atom. The zero-order chi connectivity index (χ0) is 21.0. The van der Waals surface area contributed by atoms with Gasteiger partial charge in [0, 0.05) is 6.54 Å². The maximum atomic E-state index is 11.5. The third-order valence-electron chi connectivity index (χ3n) is 3.95. The van der Waals surface area contributed by atoms with Gasteiger partial charge < -0.3 is 25.9 Å². The third kappa shape index (κ3) is 4.91. The van der Waals surface area contributed by atoms with E-state index in [4.69, 9.17) is 20.8 Å². The number of amides is 1. The predicted molar refractivity (Wildman–Crippen MR) is 110 cm³/mol. The smallest absolute Gasteiger partial charge is 0.372 e. The summed E-state index contributed by atoms with van der Waals surface area (Å²) in [4.78, 5) is 38.9. The molecule has 0 saturated carbocycles. The lowest BCUT2D eigenvalue weighted by Gasteiger charge is -2.18. The van der Waals surface area contributed by atoms with Crippen LogP contribution < -0.4 is 21.3 Å². The number of nitriles is 1. The molecule has 1 aromatic heterocycles. The number of fused-ring (bicyclic) bond motifs is 2. The molecule has 0 radical (unpaired) electrons. The predicted octanol–water partition coefficient (Wildman–Crippen LogP) is 1.39. The van der Waals surface area contributed by atoms with E-state index < -0.39 is 17.4 Å². The van der Waals surface area contributed by atoms with Crippen LogP contribution in [0.15, 0.2) is 41.2 Å². The van der Waals surface area contributed by atoms with E-state index in [1.54, 1.807) is 6.07 Å². The highest BCUT2D eigenvalue weighted by atomic mass is 35.5. The van der Waals surface area contributed by atoms with Crippen LogP contribution in [0.1, 0.15) is 21.7 Å². The van der Waals surface area contributed by atoms with Gasteiger partial charge in [-0.3, -0.25) is 9.59 Å². The first-order valence-corrected chi connectivity index (χ1v) is 8.34. The van der Waals surface area contributed by atoms with Crippen molar-refractivity contribution in [1.82, 2.24) is 9.97 Å². The average Bonchev–Trinajstić information content (AvgIpc) is 2.73. The van der Waals surface area contributed by atoms with Gasteiger partial charge in [-0.25, -0.2) is 9.78 Å². The van der Waals surface area contributed by atoms with Crippen LogP contribution in [0.5, 0.6) is 5.75 Å². The molecule has 1 amide bonds. The van der Waals surface area contributed by atoms with E-state index in [2.05, 4.69) is 15.3 Å². The molecule has 11 heteroatoms. The van der Waals surface area contributed by atoms with E-state index in [1.165, 1.54) is 18.2 Å². The van der Waals surface area contributed by atoms with Gasteiger partial charge in [-0.05, 0) is 35.9 Å². The second-order valence-corrected chi connectivity index (χ2v) is 5.93. The lowest BCUT2D eigenvalue weighted by atomic mass is 10.1. The minimum absolute atomic E-state index is 0. The Morgan fingerprint density at radius 2 is 2.03 bits per heavy atom. The molecule has 0 unspecified atom stereocenters. The molecule has 1 aliphatic heterocycles. The molecular weight excluding hydrogens is 414 g/mol. The monoisotopic (exact) mass is 429 g/mol. The summed E-state index contributed by atoms with van der Waals surface area (Å²) in [6.45, 7) is 0.561. The van der Waals surface area contributed by atoms with Crippen LogP contribution in [0, 0.1) is 11.3 Å². The highest BCUT2D eigenvalue weighted by Gasteiger charge is 2.15. The van der Waals surface area contributed by atoms with Crippen LogP contribution >= 0.6 is 12.4 Å². The fourth-order valence-electron chi connectivity index (χ4n) is 2.56. The molecule has 3 aromatic rings. The molecule has 1 aliphatic rings. The zero-order valence-corrected chi connectivity index (χ0v) is 16.2. The highest BCUT2D eigenvalue weighted by Crippen LogP contribution is 2.28. The number of carboxylic acid groups (broad SMARTS) is 1. The summed E-state index contributed by atoms with van der Waals surface area (Å²) < 4.78 is 5.21. The number of carboxylic acids is 1. The second-order valence-electron chi connectivity index (χ2n) is 5.93. The second kappa shape index (κ2) is 9.51. The Kier molecular flexibility index (Phi) is 7.08. The molecule has 0 atom stereocenters. The fourth-order valence-corrected chi connectivity index (χ4v) is 2.56. The molecule has 10 nitrogen and oxygen atoms in total. The van der Waals surface area contributed by atoms with Gasteiger partial charge >= 0.3 is 5.97 Å². The summed E-state index contributed by atoms with van der Waals surface area (Å²) in [5.41, 5.74) is 7.18. The normalized spacial score (nSPS) is 11.5. The number of H-pyrrole nitrogens is 1. The minimum Gasteiger partial charge on any atom is -0.482 e. The van der Waals surface area contributed by atoms with Gasteiger partial charge in [-0.2, -0.15) is 5.26 Å². The Labute approximate surface area is 175 Å². The molecule has 0 fully saturated rings. The lowest BCUT2D eigenvalue weighted by Crippen LogP contribution is -2.25. The first-order valence-electron chi connectivity index (χ1n) is 8.34. The minimum atomic E-state index is -1.30. The van der Waals surface area contributed by atoms with Crippen LogP contribution in [0.4, 0.5) is 5.69 Å². The zero-order valence-electron chi connectivity index (χ0n) is 15.3. The first kappa shape index (κ1) is 22.4. The van der Waals surface area contributed by atoms with E-state index in [0.717, 1.165) is 5.56 Å². The number of ether oxygens (including phenoxy) is 1. The molecule has 0 saturated heterocycles. The quantitative estimate of drug-likeness (QED) is 0.473. The third-order valence-corrected chi connectivity index (χ3v) is 3.95. The van der Waals surface area contributed by atoms with Crippen molar-refractivity contribution in [1.29, 1.82) is 5.26 Å². The van der Waals surface area contributed by atoms with Crippen molar-refractivity contribution in [3.8, 4) is 11.8 Å². The Bertz CT molecular complexity index is 1220. The molecule has 154 valence electrons. The molecule has 4 rings (SSSR count). The SMILES string of the molecule is Cl.N#Cc1ccc2nc(C(=O)O)[nH]c(=O)c2c1.NCc1ccc2c(c1)OCC(=O)N2. The fraction of sp³-hybridized carbons (Fsp3) is 0.105. The van der Waals surface area contributed by atoms with Gasteiger partial charge in [0.1, 0.15) is 5.75 Å². The average molecular weight is 430 g/mol. The molecule has 2 heterocycles. The van der Waals surface area contributed by atoms with Crippen molar-refractivity contribution in [2.45, 2.75) is 6.54 Å². The molecule has 0 aliphatic carbocycles. The number of nitrogens with zero attached hydrogens (tertiary/aromatic N) is 2. The Hall–Kier alpha value is -3.94. The van der Waals surface area contributed by atoms with E-state index in [0.29, 0.717) is 23.5 Å². The van der Waals surface area contributed by atoms with Crippen molar-refractivity contribution in [2.24, 2.45) is 5.73 Å². The van der Waals surface area contributed by atoms with Crippen molar-refractivity contribution in [2.75, 3.05) is 11.9 Å². The number of aromatic amines is 1. The number of anilines is 1. The van der Waals surface area contributed by atoms with Crippen LogP contribution in [0.2, 0.25) is 0 Å². The number of hydrogen-bond donors (Lipinski definition) is 4. The summed E-state index contributed by atoms with van der Waals surface area (Å²) in [5, 5.41) is 20.2. The van der Waals surface area contributed by atoms with Gasteiger partial charge in [0.15, 0.2) is 6.61 Å². The number of aromatic carboxylic acids is 1. The maximum Gasteiger partial charge on any atom is 0.372 e. The van der Waals surface area contributed by atoms with Gasteiger partial charge in [0.05, 0.1) is 28.2 Å². The number of nitrogens with one attached hydrogen (secondary N) is 2. The van der Waals surface area contributed by atoms with E-state index in [-0.39, 0.29) is 35.8 Å². The van der Waals surface area contributed by atoms with Crippen molar-refractivity contribution < 1.29 is 19.4 Å². The van der Waals surface area contributed by atoms with Crippen LogP contribution in [0.25, 0.3) is 10.9 Å².